The van der Waals surface area contributed by atoms with E-state index in [0.29, 0.717) is 5.78 Å². The van der Waals surface area contributed by atoms with E-state index in [1.54, 1.807) is 0 Å². The zero-order chi connectivity index (χ0) is 7.84. The van der Waals surface area contributed by atoms with Gasteiger partial charge in [-0.15, -0.1) is 0 Å². The van der Waals surface area contributed by atoms with Crippen molar-refractivity contribution in [3.63, 3.8) is 0 Å². The Balaban J connectivity index is 2.31. The monoisotopic (exact) mass is 150 g/mol. The highest BCUT2D eigenvalue weighted by molar-refractivity contribution is 5.83. The number of rotatable bonds is 0. The maximum Gasteiger partial charge on any atom is 0.139 e. The topological polar surface area (TPSA) is 17.1 Å². The maximum atomic E-state index is 11.4. The molecule has 0 spiro atoms. The Kier molecular flexibility index (Phi) is 1.59. The van der Waals surface area contributed by atoms with Crippen LogP contribution in [0.4, 0.5) is 0 Å². The predicted octanol–water partition coefficient (Wildman–Crippen LogP) is 2.32. The van der Waals surface area contributed by atoms with Gasteiger partial charge in [-0.05, 0) is 32.1 Å². The molecule has 11 heavy (non-hydrogen) atoms. The van der Waals surface area contributed by atoms with Gasteiger partial charge in [-0.1, -0.05) is 11.6 Å². The highest BCUT2D eigenvalue weighted by Crippen LogP contribution is 2.36. The average Bonchev–Trinajstić information content (AvgIpc) is 2.22. The Labute approximate surface area is 67.5 Å². The summed E-state index contributed by atoms with van der Waals surface area (Å²) in [6.45, 7) is 2.18. The second kappa shape index (κ2) is 2.47. The summed E-state index contributed by atoms with van der Waals surface area (Å²) in [7, 11) is 0. The summed E-state index contributed by atoms with van der Waals surface area (Å²) in [5, 5.41) is 0. The molecule has 0 aromatic rings. The van der Waals surface area contributed by atoms with Crippen molar-refractivity contribution >= 4 is 5.78 Å². The number of allylic oxidation sites excluding steroid dienone is 2. The lowest BCUT2D eigenvalue weighted by molar-refractivity contribution is -0.121. The van der Waals surface area contributed by atoms with Crippen LogP contribution in [0.3, 0.4) is 0 Å². The van der Waals surface area contributed by atoms with Crippen LogP contribution in [0.25, 0.3) is 0 Å². The zero-order valence-electron chi connectivity index (χ0n) is 6.97. The molecule has 3 aliphatic rings. The van der Waals surface area contributed by atoms with Crippen LogP contribution < -0.4 is 0 Å². The van der Waals surface area contributed by atoms with Crippen LogP contribution in [-0.4, -0.2) is 5.78 Å². The van der Waals surface area contributed by atoms with Gasteiger partial charge >= 0.3 is 0 Å². The highest BCUT2D eigenvalue weighted by Gasteiger charge is 2.29. The van der Waals surface area contributed by atoms with Gasteiger partial charge in [0.15, 0.2) is 0 Å². The smallest absolute Gasteiger partial charge is 0.139 e. The number of hydrogen-bond acceptors (Lipinski definition) is 1. The summed E-state index contributed by atoms with van der Waals surface area (Å²) in [4.78, 5) is 11.4. The normalized spacial score (nSPS) is 36.8. The molecule has 0 aliphatic heterocycles. The fourth-order valence-electron chi connectivity index (χ4n) is 2.27. The summed E-state index contributed by atoms with van der Waals surface area (Å²) in [5.74, 6) is 1.50. The molecule has 3 rings (SSSR count). The molecular weight excluding hydrogens is 136 g/mol. The molecule has 2 bridgehead atoms. The molecule has 0 saturated heterocycles. The number of carbonyl (C=O) groups excluding carboxylic acids is 1. The molecule has 60 valence electrons. The van der Waals surface area contributed by atoms with Gasteiger partial charge < -0.3 is 0 Å². The Bertz CT molecular complexity index is 215. The average molecular weight is 150 g/mol. The molecule has 0 unspecified atom stereocenters. The lowest BCUT2D eigenvalue weighted by Gasteiger charge is -2.20. The molecule has 0 N–H and O–H groups in total. The summed E-state index contributed by atoms with van der Waals surface area (Å²) in [5.41, 5.74) is 1.46. The van der Waals surface area contributed by atoms with Crippen molar-refractivity contribution in [3.05, 3.63) is 11.6 Å². The van der Waals surface area contributed by atoms with Crippen LogP contribution in [0.5, 0.6) is 0 Å². The van der Waals surface area contributed by atoms with Crippen molar-refractivity contribution in [1.29, 1.82) is 0 Å². The quantitative estimate of drug-likeness (QED) is 0.484. The lowest BCUT2D eigenvalue weighted by Crippen LogP contribution is -2.12. The number of Topliss-reactive ketones (excluding diaryl/α,β-unsaturated/α-hetero) is 1. The van der Waals surface area contributed by atoms with E-state index in [4.69, 9.17) is 0 Å². The highest BCUT2D eigenvalue weighted by atomic mass is 16.1. The van der Waals surface area contributed by atoms with Crippen LogP contribution in [0.2, 0.25) is 0 Å². The van der Waals surface area contributed by atoms with Crippen LogP contribution in [0.15, 0.2) is 11.6 Å². The summed E-state index contributed by atoms with van der Waals surface area (Å²) >= 11 is 0. The first-order valence-electron chi connectivity index (χ1n) is 4.48. The van der Waals surface area contributed by atoms with Crippen molar-refractivity contribution in [1.82, 2.24) is 0 Å². The first-order valence-corrected chi connectivity index (χ1v) is 4.48. The van der Waals surface area contributed by atoms with E-state index in [1.807, 2.05) is 0 Å². The summed E-state index contributed by atoms with van der Waals surface area (Å²) in [6, 6.07) is 0. The number of hydrogen-bond donors (Lipinski definition) is 0. The van der Waals surface area contributed by atoms with Crippen molar-refractivity contribution in [2.45, 2.75) is 32.6 Å². The minimum Gasteiger partial charge on any atom is -0.299 e. The summed E-state index contributed by atoms with van der Waals surface area (Å²) in [6.07, 6.45) is 6.49. The van der Waals surface area contributed by atoms with Gasteiger partial charge in [-0.2, -0.15) is 0 Å². The molecule has 1 heteroatoms. The van der Waals surface area contributed by atoms with Crippen LogP contribution in [0.1, 0.15) is 32.6 Å². The van der Waals surface area contributed by atoms with E-state index in [1.165, 1.54) is 12.0 Å². The molecule has 1 nitrogen and oxygen atoms in total. The molecule has 0 aromatic heterocycles. The van der Waals surface area contributed by atoms with Gasteiger partial charge in [0, 0.05) is 12.3 Å². The second-order valence-electron chi connectivity index (χ2n) is 3.80. The van der Waals surface area contributed by atoms with E-state index in [2.05, 4.69) is 13.0 Å². The van der Waals surface area contributed by atoms with Gasteiger partial charge in [-0.25, -0.2) is 0 Å². The predicted molar refractivity (Wildman–Crippen MR) is 44.2 cm³/mol. The molecule has 0 amide bonds. The zero-order valence-corrected chi connectivity index (χ0v) is 6.97. The Morgan fingerprint density at radius 2 is 2.18 bits per heavy atom. The Morgan fingerprint density at radius 1 is 1.36 bits per heavy atom. The minimum atomic E-state index is 0.286. The standard InChI is InChI=1S/C10H14O/c1-7-6-9-3-2-8(7)4-5-10(9)11/h6,8-9H,2-5H2,1H3/t8-,9-/m1/s1. The third-order valence-electron chi connectivity index (χ3n) is 3.09. The fraction of sp³-hybridized carbons (Fsp3) is 0.700. The van der Waals surface area contributed by atoms with Crippen LogP contribution in [-0.2, 0) is 4.79 Å². The van der Waals surface area contributed by atoms with Crippen molar-refractivity contribution in [3.8, 4) is 0 Å². The van der Waals surface area contributed by atoms with Gasteiger partial charge in [-0.3, -0.25) is 4.79 Å². The minimum absolute atomic E-state index is 0.286. The van der Waals surface area contributed by atoms with Crippen molar-refractivity contribution in [2.24, 2.45) is 11.8 Å². The van der Waals surface area contributed by atoms with Gasteiger partial charge in [0.25, 0.3) is 0 Å². The third kappa shape index (κ3) is 1.13. The third-order valence-corrected chi connectivity index (χ3v) is 3.09. The molecule has 0 radical (unpaired) electrons. The maximum absolute atomic E-state index is 11.4. The number of ketones is 1. The SMILES string of the molecule is CC1=C[C@H]2CC[C@@H]1CCC2=O. The molecule has 1 saturated carbocycles. The Hall–Kier alpha value is -0.590. The molecular formula is C10H14O. The van der Waals surface area contributed by atoms with Gasteiger partial charge in [0.05, 0.1) is 0 Å². The van der Waals surface area contributed by atoms with E-state index >= 15 is 0 Å². The molecule has 2 atom stereocenters. The summed E-state index contributed by atoms with van der Waals surface area (Å²) < 4.78 is 0. The first kappa shape index (κ1) is 7.08. The second-order valence-corrected chi connectivity index (χ2v) is 3.80. The van der Waals surface area contributed by atoms with E-state index < -0.39 is 0 Å². The first-order chi connectivity index (χ1) is 5.27. The lowest BCUT2D eigenvalue weighted by atomic mass is 9.85. The molecule has 3 aliphatic carbocycles. The molecule has 1 fully saturated rings. The van der Waals surface area contributed by atoms with Crippen molar-refractivity contribution < 1.29 is 4.79 Å². The van der Waals surface area contributed by atoms with E-state index in [-0.39, 0.29) is 5.92 Å². The molecule has 0 heterocycles. The van der Waals surface area contributed by atoms with E-state index in [0.717, 1.165) is 25.2 Å². The number of carbonyl (C=O) groups is 1. The Morgan fingerprint density at radius 3 is 2.91 bits per heavy atom. The van der Waals surface area contributed by atoms with Crippen LogP contribution >= 0.6 is 0 Å². The van der Waals surface area contributed by atoms with E-state index in [9.17, 15) is 4.79 Å². The van der Waals surface area contributed by atoms with Crippen LogP contribution in [0, 0.1) is 11.8 Å². The van der Waals surface area contributed by atoms with Gasteiger partial charge in [0.1, 0.15) is 5.78 Å². The number of fused-ring (bicyclic) bond motifs is 3. The fourth-order valence-corrected chi connectivity index (χ4v) is 2.27. The largest absolute Gasteiger partial charge is 0.299 e. The van der Waals surface area contributed by atoms with Gasteiger partial charge in [0.2, 0.25) is 0 Å². The molecule has 0 aromatic carbocycles. The van der Waals surface area contributed by atoms with Crippen molar-refractivity contribution in [2.75, 3.05) is 0 Å².